The molecule has 9 nitrogen and oxygen atoms in total. The van der Waals surface area contributed by atoms with Crippen LogP contribution in [0.1, 0.15) is 53.4 Å². The molecule has 0 fully saturated rings. The highest BCUT2D eigenvalue weighted by molar-refractivity contribution is 6.05. The molecule has 0 aromatic heterocycles. The van der Waals surface area contributed by atoms with Crippen LogP contribution in [0, 0.1) is 12.5 Å². The van der Waals surface area contributed by atoms with Crippen molar-refractivity contribution >= 4 is 29.3 Å². The van der Waals surface area contributed by atoms with Crippen molar-refractivity contribution in [1.29, 1.82) is 5.53 Å². The Morgan fingerprint density at radius 1 is 0.975 bits per heavy atom. The van der Waals surface area contributed by atoms with Gasteiger partial charge in [0, 0.05) is 16.9 Å². The average molecular weight is 554 g/mol. The standard InChI is InChI=1S/C28H30F3N7O2/c1-17-5-12-21(15-23(17)28(29,30)31)34-26(40)38(22-13-10-20(11-14-22)27(2,3)4)16-18-6-8-19(9-7-18)24(39)35-25(32)36-37-33/h5-15H,16H2,1-4H3,(H,34,40)(H4,32,33,35,36,39). The van der Waals surface area contributed by atoms with Gasteiger partial charge in [-0.15, -0.1) is 0 Å². The fourth-order valence-corrected chi connectivity index (χ4v) is 3.83. The minimum absolute atomic E-state index is 0.00456. The smallest absolute Gasteiger partial charge is 0.368 e. The number of amides is 3. The number of benzene rings is 3. The number of halogens is 3. The van der Waals surface area contributed by atoms with Crippen molar-refractivity contribution in [2.24, 2.45) is 16.1 Å². The summed E-state index contributed by atoms with van der Waals surface area (Å²) in [5, 5.41) is 10.8. The predicted octanol–water partition coefficient (Wildman–Crippen LogP) is 6.54. The van der Waals surface area contributed by atoms with Gasteiger partial charge in [0.25, 0.3) is 5.91 Å². The number of hydrogen-bond donors (Lipinski definition) is 4. The lowest BCUT2D eigenvalue weighted by atomic mass is 9.87. The normalized spacial score (nSPS) is 12.0. The summed E-state index contributed by atoms with van der Waals surface area (Å²) in [6.07, 6.45) is -4.56. The van der Waals surface area contributed by atoms with Gasteiger partial charge in [-0.05, 0) is 70.7 Å². The van der Waals surface area contributed by atoms with Gasteiger partial charge in [-0.3, -0.25) is 15.0 Å². The first-order chi connectivity index (χ1) is 18.7. The average Bonchev–Trinajstić information content (AvgIpc) is 2.87. The van der Waals surface area contributed by atoms with Gasteiger partial charge in [0.1, 0.15) is 0 Å². The molecular weight excluding hydrogens is 523 g/mol. The number of nitrogens with zero attached hydrogens (tertiary/aromatic N) is 3. The zero-order valence-electron chi connectivity index (χ0n) is 22.4. The van der Waals surface area contributed by atoms with E-state index in [0.717, 1.165) is 11.6 Å². The lowest BCUT2D eigenvalue weighted by Crippen LogP contribution is -2.36. The van der Waals surface area contributed by atoms with Crippen LogP contribution in [0.5, 0.6) is 0 Å². The SMILES string of the molecule is Cc1ccc(NC(=O)N(Cc2ccc(C(=O)N/C(N)=N/N=N)cc2)c2ccc(C(C)(C)C)cc2)cc1C(F)(F)F. The molecule has 210 valence electrons. The molecule has 0 atom stereocenters. The van der Waals surface area contributed by atoms with Gasteiger partial charge in [-0.1, -0.05) is 56.2 Å². The van der Waals surface area contributed by atoms with Gasteiger partial charge in [0.15, 0.2) is 0 Å². The summed E-state index contributed by atoms with van der Waals surface area (Å²) in [6, 6.07) is 16.6. The van der Waals surface area contributed by atoms with E-state index in [1.165, 1.54) is 36.1 Å². The van der Waals surface area contributed by atoms with Crippen LogP contribution >= 0.6 is 0 Å². The van der Waals surface area contributed by atoms with E-state index in [9.17, 15) is 22.8 Å². The monoisotopic (exact) mass is 553 g/mol. The minimum Gasteiger partial charge on any atom is -0.368 e. The topological polar surface area (TPSA) is 136 Å². The molecule has 3 aromatic carbocycles. The zero-order valence-corrected chi connectivity index (χ0v) is 22.4. The van der Waals surface area contributed by atoms with Crippen molar-refractivity contribution < 1.29 is 22.8 Å². The van der Waals surface area contributed by atoms with E-state index in [1.807, 2.05) is 12.1 Å². The van der Waals surface area contributed by atoms with Gasteiger partial charge in [0.05, 0.1) is 12.1 Å². The first kappa shape index (κ1) is 29.8. The Hall–Kier alpha value is -4.74. The Bertz CT molecular complexity index is 1410. The maximum Gasteiger partial charge on any atom is 0.416 e. The number of urea groups is 1. The summed E-state index contributed by atoms with van der Waals surface area (Å²) < 4.78 is 40.3. The number of nitrogens with two attached hydrogens (primary N) is 1. The van der Waals surface area contributed by atoms with Crippen molar-refractivity contribution in [2.75, 3.05) is 10.2 Å². The molecule has 0 saturated carbocycles. The summed E-state index contributed by atoms with van der Waals surface area (Å²) in [5.74, 6) is -0.904. The lowest BCUT2D eigenvalue weighted by Gasteiger charge is -2.25. The Labute approximate surface area is 229 Å². The predicted molar refractivity (Wildman–Crippen MR) is 147 cm³/mol. The second kappa shape index (κ2) is 12.0. The number of alkyl halides is 3. The second-order valence-electron chi connectivity index (χ2n) is 10.1. The summed E-state index contributed by atoms with van der Waals surface area (Å²) in [6.45, 7) is 7.58. The van der Waals surface area contributed by atoms with Crippen molar-refractivity contribution in [2.45, 2.75) is 45.8 Å². The third-order valence-corrected chi connectivity index (χ3v) is 6.04. The van der Waals surface area contributed by atoms with E-state index in [4.69, 9.17) is 11.3 Å². The first-order valence-corrected chi connectivity index (χ1v) is 12.2. The van der Waals surface area contributed by atoms with Crippen molar-refractivity contribution in [3.8, 4) is 0 Å². The molecule has 0 aliphatic rings. The van der Waals surface area contributed by atoms with E-state index >= 15 is 0 Å². The van der Waals surface area contributed by atoms with Gasteiger partial charge in [0.2, 0.25) is 5.96 Å². The Morgan fingerprint density at radius 2 is 1.60 bits per heavy atom. The molecular formula is C28H30F3N7O2. The van der Waals surface area contributed by atoms with Gasteiger partial charge in [-0.25, -0.2) is 4.79 Å². The van der Waals surface area contributed by atoms with Gasteiger partial charge < -0.3 is 11.1 Å². The van der Waals surface area contributed by atoms with Crippen LogP contribution < -0.4 is 21.3 Å². The van der Waals surface area contributed by atoms with Crippen molar-refractivity contribution in [3.63, 3.8) is 0 Å². The number of anilines is 2. The number of rotatable bonds is 6. The molecule has 0 heterocycles. The number of aryl methyl sites for hydroxylation is 1. The second-order valence-corrected chi connectivity index (χ2v) is 10.1. The number of guanidine groups is 1. The largest absolute Gasteiger partial charge is 0.416 e. The molecule has 0 spiro atoms. The summed E-state index contributed by atoms with van der Waals surface area (Å²) in [7, 11) is 0. The highest BCUT2D eigenvalue weighted by atomic mass is 19.4. The molecule has 3 amide bonds. The van der Waals surface area contributed by atoms with Crippen LogP contribution in [0.25, 0.3) is 0 Å². The molecule has 12 heteroatoms. The highest BCUT2D eigenvalue weighted by Crippen LogP contribution is 2.34. The molecule has 0 unspecified atom stereocenters. The fraction of sp³-hybridized carbons (Fsp3) is 0.250. The van der Waals surface area contributed by atoms with E-state index in [2.05, 4.69) is 41.7 Å². The zero-order chi connectivity index (χ0) is 29.7. The van der Waals surface area contributed by atoms with Gasteiger partial charge >= 0.3 is 12.2 Å². The molecule has 0 aliphatic carbocycles. The molecule has 0 bridgehead atoms. The van der Waals surface area contributed by atoms with Crippen LogP contribution in [-0.4, -0.2) is 17.9 Å². The molecule has 40 heavy (non-hydrogen) atoms. The van der Waals surface area contributed by atoms with E-state index in [0.29, 0.717) is 11.3 Å². The van der Waals surface area contributed by atoms with Crippen LogP contribution in [0.3, 0.4) is 0 Å². The number of hydrogen-bond acceptors (Lipinski definition) is 4. The first-order valence-electron chi connectivity index (χ1n) is 12.2. The molecule has 0 aliphatic heterocycles. The minimum atomic E-state index is -4.56. The van der Waals surface area contributed by atoms with E-state index in [1.54, 1.807) is 24.3 Å². The fourth-order valence-electron chi connectivity index (χ4n) is 3.83. The lowest BCUT2D eigenvalue weighted by molar-refractivity contribution is -0.138. The van der Waals surface area contributed by atoms with Crippen molar-refractivity contribution in [1.82, 2.24) is 5.32 Å². The number of carbonyl (C=O) groups excluding carboxylic acids is 2. The van der Waals surface area contributed by atoms with E-state index < -0.39 is 23.7 Å². The van der Waals surface area contributed by atoms with Crippen LogP contribution in [0.15, 0.2) is 77.1 Å². The molecule has 3 aromatic rings. The quantitative estimate of drug-likeness (QED) is 0.119. The van der Waals surface area contributed by atoms with Gasteiger partial charge in [-0.2, -0.15) is 18.7 Å². The summed E-state index contributed by atoms with van der Waals surface area (Å²) in [4.78, 5) is 27.1. The molecule has 5 N–H and O–H groups in total. The Balaban J connectivity index is 1.90. The number of nitrogens with one attached hydrogen (secondary N) is 3. The maximum atomic E-state index is 13.4. The van der Waals surface area contributed by atoms with Crippen LogP contribution in [-0.2, 0) is 18.1 Å². The Morgan fingerprint density at radius 3 is 2.15 bits per heavy atom. The summed E-state index contributed by atoms with van der Waals surface area (Å²) in [5.41, 5.74) is 13.7. The van der Waals surface area contributed by atoms with Crippen LogP contribution in [0.4, 0.5) is 29.3 Å². The number of carbonyl (C=O) groups is 2. The molecule has 0 radical (unpaired) electrons. The third kappa shape index (κ3) is 7.65. The summed E-state index contributed by atoms with van der Waals surface area (Å²) >= 11 is 0. The van der Waals surface area contributed by atoms with Crippen LogP contribution in [0.2, 0.25) is 0 Å². The maximum absolute atomic E-state index is 13.4. The molecule has 3 rings (SSSR count). The van der Waals surface area contributed by atoms with E-state index in [-0.39, 0.29) is 34.7 Å². The van der Waals surface area contributed by atoms with Crippen molar-refractivity contribution in [3.05, 3.63) is 94.5 Å². The molecule has 0 saturated heterocycles. The third-order valence-electron chi connectivity index (χ3n) is 6.04. The Kier molecular flexibility index (Phi) is 8.92. The highest BCUT2D eigenvalue weighted by Gasteiger charge is 2.32.